The minimum absolute atomic E-state index is 0.218. The smallest absolute Gasteiger partial charge is 0.231 e. The first-order valence-corrected chi connectivity index (χ1v) is 6.61. The average Bonchev–Trinajstić information content (AvgIpc) is 2.18. The number of nitrogens with one attached hydrogen (secondary N) is 1. The molecule has 0 atom stereocenters. The predicted octanol–water partition coefficient (Wildman–Crippen LogP) is 0.962. The molecule has 1 saturated heterocycles. The Morgan fingerprint density at radius 1 is 1.35 bits per heavy atom. The van der Waals surface area contributed by atoms with E-state index >= 15 is 0 Å². The van der Waals surface area contributed by atoms with Crippen LogP contribution in [-0.2, 0) is 4.79 Å². The van der Waals surface area contributed by atoms with E-state index in [0.717, 1.165) is 32.5 Å². The molecule has 0 aromatic heterocycles. The van der Waals surface area contributed by atoms with Crippen molar-refractivity contribution in [1.29, 1.82) is 0 Å². The third-order valence-electron chi connectivity index (χ3n) is 3.28. The minimum atomic E-state index is -0.218. The SMILES string of the molecule is CC(C)(C)CCNC1CCN(CC(N)=O)CC1. The van der Waals surface area contributed by atoms with Crippen LogP contribution in [0.3, 0.4) is 0 Å². The van der Waals surface area contributed by atoms with Crippen LogP contribution in [0, 0.1) is 5.41 Å². The van der Waals surface area contributed by atoms with Gasteiger partial charge in [-0.25, -0.2) is 0 Å². The van der Waals surface area contributed by atoms with Crippen molar-refractivity contribution in [3.05, 3.63) is 0 Å². The van der Waals surface area contributed by atoms with Crippen LogP contribution in [0.15, 0.2) is 0 Å². The van der Waals surface area contributed by atoms with Gasteiger partial charge < -0.3 is 11.1 Å². The summed E-state index contributed by atoms with van der Waals surface area (Å²) < 4.78 is 0. The van der Waals surface area contributed by atoms with Crippen molar-refractivity contribution in [2.24, 2.45) is 11.1 Å². The zero-order valence-electron chi connectivity index (χ0n) is 11.5. The summed E-state index contributed by atoms with van der Waals surface area (Å²) in [5.41, 5.74) is 5.59. The van der Waals surface area contributed by atoms with Gasteiger partial charge in [0.1, 0.15) is 0 Å². The van der Waals surface area contributed by atoms with Gasteiger partial charge in [0, 0.05) is 19.1 Å². The van der Waals surface area contributed by atoms with Gasteiger partial charge in [0.25, 0.3) is 0 Å². The summed E-state index contributed by atoms with van der Waals surface area (Å²) in [4.78, 5) is 12.9. The van der Waals surface area contributed by atoms with E-state index in [1.54, 1.807) is 0 Å². The van der Waals surface area contributed by atoms with Gasteiger partial charge in [-0.3, -0.25) is 9.69 Å². The van der Waals surface area contributed by atoms with Crippen LogP contribution < -0.4 is 11.1 Å². The molecule has 0 radical (unpaired) electrons. The summed E-state index contributed by atoms with van der Waals surface area (Å²) in [5.74, 6) is -0.218. The van der Waals surface area contributed by atoms with Gasteiger partial charge in [-0.2, -0.15) is 0 Å². The zero-order valence-corrected chi connectivity index (χ0v) is 11.5. The zero-order chi connectivity index (χ0) is 12.9. The number of nitrogens with zero attached hydrogens (tertiary/aromatic N) is 1. The third kappa shape index (κ3) is 6.64. The van der Waals surface area contributed by atoms with Gasteiger partial charge in [0.2, 0.25) is 5.91 Å². The molecule has 3 N–H and O–H groups in total. The van der Waals surface area contributed by atoms with E-state index in [2.05, 4.69) is 31.0 Å². The standard InChI is InChI=1S/C13H27N3O/c1-13(2,3)6-7-15-11-4-8-16(9-5-11)10-12(14)17/h11,15H,4-10H2,1-3H3,(H2,14,17). The van der Waals surface area contributed by atoms with Crippen molar-refractivity contribution in [3.8, 4) is 0 Å². The van der Waals surface area contributed by atoms with Crippen LogP contribution in [-0.4, -0.2) is 43.0 Å². The van der Waals surface area contributed by atoms with Crippen LogP contribution in [0.25, 0.3) is 0 Å². The number of carbonyl (C=O) groups excluding carboxylic acids is 1. The lowest BCUT2D eigenvalue weighted by molar-refractivity contribution is -0.119. The Labute approximate surface area is 105 Å². The molecule has 1 amide bonds. The second-order valence-corrected chi connectivity index (χ2v) is 6.28. The van der Waals surface area contributed by atoms with Crippen molar-refractivity contribution < 1.29 is 4.79 Å². The molecule has 0 bridgehead atoms. The normalized spacial score (nSPS) is 19.5. The van der Waals surface area contributed by atoms with Crippen LogP contribution >= 0.6 is 0 Å². The molecule has 4 nitrogen and oxygen atoms in total. The maximum absolute atomic E-state index is 10.8. The van der Waals surface area contributed by atoms with Crippen molar-refractivity contribution in [2.45, 2.75) is 46.1 Å². The lowest BCUT2D eigenvalue weighted by Crippen LogP contribution is -2.45. The average molecular weight is 241 g/mol. The van der Waals surface area contributed by atoms with E-state index in [1.807, 2.05) is 0 Å². The molecule has 17 heavy (non-hydrogen) atoms. The highest BCUT2D eigenvalue weighted by atomic mass is 16.1. The van der Waals surface area contributed by atoms with Crippen molar-refractivity contribution in [1.82, 2.24) is 10.2 Å². The van der Waals surface area contributed by atoms with Crippen molar-refractivity contribution in [3.63, 3.8) is 0 Å². The summed E-state index contributed by atoms with van der Waals surface area (Å²) in [6, 6.07) is 0.612. The maximum Gasteiger partial charge on any atom is 0.231 e. The summed E-state index contributed by atoms with van der Waals surface area (Å²) in [7, 11) is 0. The number of hydrogen-bond donors (Lipinski definition) is 2. The van der Waals surface area contributed by atoms with Gasteiger partial charge in [-0.05, 0) is 31.2 Å². The van der Waals surface area contributed by atoms with E-state index in [1.165, 1.54) is 6.42 Å². The Kier molecular flexibility index (Phi) is 5.40. The molecule has 0 saturated carbocycles. The van der Waals surface area contributed by atoms with E-state index < -0.39 is 0 Å². The van der Waals surface area contributed by atoms with Gasteiger partial charge >= 0.3 is 0 Å². The second kappa shape index (κ2) is 6.36. The first kappa shape index (κ1) is 14.5. The molecule has 1 heterocycles. The Bertz CT molecular complexity index is 240. The Balaban J connectivity index is 2.13. The maximum atomic E-state index is 10.8. The molecular formula is C13H27N3O. The predicted molar refractivity (Wildman–Crippen MR) is 70.7 cm³/mol. The molecule has 4 heteroatoms. The van der Waals surface area contributed by atoms with Crippen LogP contribution in [0.2, 0.25) is 0 Å². The molecule has 1 aliphatic rings. The fourth-order valence-electron chi connectivity index (χ4n) is 2.17. The van der Waals surface area contributed by atoms with Crippen LogP contribution in [0.5, 0.6) is 0 Å². The van der Waals surface area contributed by atoms with Gasteiger partial charge in [0.15, 0.2) is 0 Å². The molecule has 100 valence electrons. The Hall–Kier alpha value is -0.610. The molecular weight excluding hydrogens is 214 g/mol. The number of hydrogen-bond acceptors (Lipinski definition) is 3. The minimum Gasteiger partial charge on any atom is -0.369 e. The first-order valence-electron chi connectivity index (χ1n) is 6.61. The van der Waals surface area contributed by atoms with E-state index in [0.29, 0.717) is 18.0 Å². The molecule has 1 fully saturated rings. The number of piperidine rings is 1. The number of primary amides is 1. The lowest BCUT2D eigenvalue weighted by Gasteiger charge is -2.32. The Morgan fingerprint density at radius 2 is 1.94 bits per heavy atom. The van der Waals surface area contributed by atoms with Crippen molar-refractivity contribution in [2.75, 3.05) is 26.2 Å². The number of carbonyl (C=O) groups is 1. The van der Waals surface area contributed by atoms with E-state index in [4.69, 9.17) is 5.73 Å². The quantitative estimate of drug-likeness (QED) is 0.754. The number of nitrogens with two attached hydrogens (primary N) is 1. The Morgan fingerprint density at radius 3 is 2.41 bits per heavy atom. The van der Waals surface area contributed by atoms with E-state index in [9.17, 15) is 4.79 Å². The lowest BCUT2D eigenvalue weighted by atomic mass is 9.92. The molecule has 0 aromatic rings. The molecule has 0 unspecified atom stereocenters. The first-order chi connectivity index (χ1) is 7.87. The summed E-state index contributed by atoms with van der Waals surface area (Å²) >= 11 is 0. The van der Waals surface area contributed by atoms with Gasteiger partial charge in [0.05, 0.1) is 6.54 Å². The molecule has 1 rings (SSSR count). The monoisotopic (exact) mass is 241 g/mol. The number of amides is 1. The largest absolute Gasteiger partial charge is 0.369 e. The highest BCUT2D eigenvalue weighted by Gasteiger charge is 2.20. The van der Waals surface area contributed by atoms with E-state index in [-0.39, 0.29) is 5.91 Å². The molecule has 0 aromatic carbocycles. The summed E-state index contributed by atoms with van der Waals surface area (Å²) in [6.07, 6.45) is 3.45. The highest BCUT2D eigenvalue weighted by molar-refractivity contribution is 5.75. The fourth-order valence-corrected chi connectivity index (χ4v) is 2.17. The highest BCUT2D eigenvalue weighted by Crippen LogP contribution is 2.18. The molecule has 0 spiro atoms. The number of rotatable bonds is 5. The van der Waals surface area contributed by atoms with Crippen LogP contribution in [0.4, 0.5) is 0 Å². The number of likely N-dealkylation sites (tertiary alicyclic amines) is 1. The third-order valence-corrected chi connectivity index (χ3v) is 3.28. The molecule has 1 aliphatic heterocycles. The summed E-state index contributed by atoms with van der Waals surface area (Å²) in [5, 5.41) is 3.61. The van der Waals surface area contributed by atoms with Gasteiger partial charge in [-0.1, -0.05) is 20.8 Å². The topological polar surface area (TPSA) is 58.4 Å². The van der Waals surface area contributed by atoms with Crippen LogP contribution in [0.1, 0.15) is 40.0 Å². The second-order valence-electron chi connectivity index (χ2n) is 6.28. The van der Waals surface area contributed by atoms with Crippen molar-refractivity contribution >= 4 is 5.91 Å². The van der Waals surface area contributed by atoms with Gasteiger partial charge in [-0.15, -0.1) is 0 Å². The molecule has 0 aliphatic carbocycles. The fraction of sp³-hybridized carbons (Fsp3) is 0.923. The summed E-state index contributed by atoms with van der Waals surface area (Å²) in [6.45, 7) is 10.3.